The highest BCUT2D eigenvalue weighted by Gasteiger charge is 2.38. The summed E-state index contributed by atoms with van der Waals surface area (Å²) in [5.41, 5.74) is 5.98. The Kier molecular flexibility index (Phi) is 9.32. The van der Waals surface area contributed by atoms with Crippen LogP contribution in [-0.4, -0.2) is 61.5 Å². The highest BCUT2D eigenvalue weighted by atomic mass is 19.4. The predicted molar refractivity (Wildman–Crippen MR) is 155 cm³/mol. The molecule has 0 bridgehead atoms. The van der Waals surface area contributed by atoms with Gasteiger partial charge in [-0.25, -0.2) is 18.7 Å². The third-order valence-electron chi connectivity index (χ3n) is 7.54. The van der Waals surface area contributed by atoms with E-state index in [1.165, 1.54) is 23.0 Å². The number of imidazole rings is 1. The maximum Gasteiger partial charge on any atom is 0.435 e. The van der Waals surface area contributed by atoms with Crippen LogP contribution in [-0.2, 0) is 23.9 Å². The molecule has 240 valence electrons. The van der Waals surface area contributed by atoms with Gasteiger partial charge in [0.15, 0.2) is 17.2 Å². The molecule has 0 atom stereocenters. The van der Waals surface area contributed by atoms with Crippen LogP contribution in [0.1, 0.15) is 47.8 Å². The van der Waals surface area contributed by atoms with Gasteiger partial charge >= 0.3 is 6.18 Å². The first kappa shape index (κ1) is 31.8. The number of aryl methyl sites for hydroxylation is 1. The summed E-state index contributed by atoms with van der Waals surface area (Å²) >= 11 is 0. The summed E-state index contributed by atoms with van der Waals surface area (Å²) in [5.74, 6) is -0.0785. The van der Waals surface area contributed by atoms with Crippen molar-refractivity contribution in [2.45, 2.75) is 57.8 Å². The van der Waals surface area contributed by atoms with Gasteiger partial charge in [0.05, 0.1) is 17.5 Å². The molecule has 1 aromatic carbocycles. The number of nitrogens with two attached hydrogens (primary N) is 1. The minimum Gasteiger partial charge on any atom is -0.356 e. The highest BCUT2D eigenvalue weighted by Crippen LogP contribution is 2.37. The molecule has 0 spiro atoms. The van der Waals surface area contributed by atoms with Crippen LogP contribution < -0.4 is 21.7 Å². The van der Waals surface area contributed by atoms with Crippen molar-refractivity contribution in [2.75, 3.05) is 18.4 Å². The van der Waals surface area contributed by atoms with Crippen LogP contribution in [0.2, 0.25) is 0 Å². The zero-order chi connectivity index (χ0) is 32.3. The van der Waals surface area contributed by atoms with Gasteiger partial charge in [-0.05, 0) is 49.4 Å². The Morgan fingerprint density at radius 3 is 2.58 bits per heavy atom. The number of hydrogen-bond acceptors (Lipinski definition) is 7. The standard InChI is InChI=1S/C29H32F5N9O2/c1-2-16-12-19(4-5-20(16)28(45)38-7-3-6-37-27(44)17-10-18(35)11-17)40-25-26-39-13-22(43(26)9-8-36-25)21-14-42(15-23(30)31)41-24(21)29(32,33)34/h4-5,8-9,12-14,17-18,23H,2-3,6-7,10-11,15,35H2,1H3,(H,36,40)(H,37,44)(H,38,45). The van der Waals surface area contributed by atoms with Crippen LogP contribution in [0.15, 0.2) is 43.0 Å². The van der Waals surface area contributed by atoms with E-state index in [1.54, 1.807) is 18.2 Å². The second-order valence-electron chi connectivity index (χ2n) is 10.8. The molecule has 1 fully saturated rings. The predicted octanol–water partition coefficient (Wildman–Crippen LogP) is 4.16. The molecule has 2 amide bonds. The van der Waals surface area contributed by atoms with E-state index >= 15 is 0 Å². The first-order valence-electron chi connectivity index (χ1n) is 14.4. The Labute approximate surface area is 254 Å². The van der Waals surface area contributed by atoms with E-state index in [-0.39, 0.29) is 40.9 Å². The number of carbonyl (C=O) groups is 2. The number of benzene rings is 1. The number of amides is 2. The Bertz CT molecular complexity index is 1680. The summed E-state index contributed by atoms with van der Waals surface area (Å²) in [7, 11) is 0. The second-order valence-corrected chi connectivity index (χ2v) is 10.8. The molecule has 0 unspecified atom stereocenters. The first-order chi connectivity index (χ1) is 21.4. The molecule has 5 rings (SSSR count). The Hall–Kier alpha value is -4.60. The Balaban J connectivity index is 1.27. The van der Waals surface area contributed by atoms with E-state index in [0.29, 0.717) is 54.7 Å². The maximum absolute atomic E-state index is 13.7. The number of nitrogens with one attached hydrogen (secondary N) is 3. The number of alkyl halides is 5. The number of nitrogens with zero attached hydrogens (tertiary/aromatic N) is 5. The smallest absolute Gasteiger partial charge is 0.356 e. The van der Waals surface area contributed by atoms with Gasteiger partial charge in [0.1, 0.15) is 6.54 Å². The molecular formula is C29H32F5N9O2. The lowest BCUT2D eigenvalue weighted by atomic mass is 9.80. The van der Waals surface area contributed by atoms with Crippen LogP contribution in [0.25, 0.3) is 16.9 Å². The van der Waals surface area contributed by atoms with Crippen molar-refractivity contribution < 1.29 is 31.5 Å². The van der Waals surface area contributed by atoms with Crippen molar-refractivity contribution in [3.05, 3.63) is 59.8 Å². The van der Waals surface area contributed by atoms with Gasteiger partial charge in [-0.3, -0.25) is 18.7 Å². The zero-order valence-corrected chi connectivity index (χ0v) is 24.2. The molecule has 1 aliphatic rings. The van der Waals surface area contributed by atoms with E-state index in [1.807, 2.05) is 6.92 Å². The summed E-state index contributed by atoms with van der Waals surface area (Å²) in [6.45, 7) is 1.72. The molecule has 1 saturated carbocycles. The van der Waals surface area contributed by atoms with Crippen LogP contribution in [0.3, 0.4) is 0 Å². The molecule has 45 heavy (non-hydrogen) atoms. The SMILES string of the molecule is CCc1cc(Nc2nccn3c(-c4cn(CC(F)F)nc4C(F)(F)F)cnc23)ccc1C(=O)NCCCNC(=O)C1CC(N)C1. The number of rotatable bonds is 12. The fourth-order valence-electron chi connectivity index (χ4n) is 5.20. The largest absolute Gasteiger partial charge is 0.435 e. The number of anilines is 2. The molecule has 5 N–H and O–H groups in total. The maximum atomic E-state index is 13.7. The van der Waals surface area contributed by atoms with Crippen molar-refractivity contribution in [3.8, 4) is 11.3 Å². The van der Waals surface area contributed by atoms with Crippen molar-refractivity contribution in [2.24, 2.45) is 11.7 Å². The fourth-order valence-corrected chi connectivity index (χ4v) is 5.20. The van der Waals surface area contributed by atoms with Gasteiger partial charge in [0.25, 0.3) is 12.3 Å². The zero-order valence-electron chi connectivity index (χ0n) is 24.2. The van der Waals surface area contributed by atoms with Crippen molar-refractivity contribution in [1.29, 1.82) is 0 Å². The van der Waals surface area contributed by atoms with Gasteiger partial charge < -0.3 is 21.7 Å². The molecule has 4 aromatic rings. The minimum absolute atomic E-state index is 0.00337. The van der Waals surface area contributed by atoms with Gasteiger partial charge in [0.2, 0.25) is 5.91 Å². The first-order valence-corrected chi connectivity index (χ1v) is 14.4. The van der Waals surface area contributed by atoms with Crippen LogP contribution in [0.5, 0.6) is 0 Å². The number of aromatic nitrogens is 5. The molecule has 0 aliphatic heterocycles. The van der Waals surface area contributed by atoms with E-state index in [2.05, 4.69) is 31.0 Å². The lowest BCUT2D eigenvalue weighted by molar-refractivity contribution is -0.141. The van der Waals surface area contributed by atoms with E-state index in [4.69, 9.17) is 5.73 Å². The molecule has 0 radical (unpaired) electrons. The van der Waals surface area contributed by atoms with Crippen LogP contribution in [0, 0.1) is 5.92 Å². The summed E-state index contributed by atoms with van der Waals surface area (Å²) in [5, 5.41) is 12.2. The van der Waals surface area contributed by atoms with Gasteiger partial charge in [-0.2, -0.15) is 18.3 Å². The van der Waals surface area contributed by atoms with Gasteiger partial charge in [0, 0.05) is 54.9 Å². The average Bonchev–Trinajstić information content (AvgIpc) is 3.59. The summed E-state index contributed by atoms with van der Waals surface area (Å²) < 4.78 is 68.9. The van der Waals surface area contributed by atoms with Crippen LogP contribution in [0.4, 0.5) is 33.5 Å². The number of fused-ring (bicyclic) bond motifs is 1. The van der Waals surface area contributed by atoms with Gasteiger partial charge in [-0.1, -0.05) is 6.92 Å². The fraction of sp³-hybridized carbons (Fsp3) is 0.414. The topological polar surface area (TPSA) is 144 Å². The number of halogens is 5. The van der Waals surface area contributed by atoms with E-state index < -0.39 is 30.4 Å². The monoisotopic (exact) mass is 633 g/mol. The third-order valence-corrected chi connectivity index (χ3v) is 7.54. The number of hydrogen-bond donors (Lipinski definition) is 4. The molecule has 3 heterocycles. The highest BCUT2D eigenvalue weighted by molar-refractivity contribution is 5.96. The number of carbonyl (C=O) groups excluding carboxylic acids is 2. The van der Waals surface area contributed by atoms with Crippen LogP contribution >= 0.6 is 0 Å². The van der Waals surface area contributed by atoms with Crippen molar-refractivity contribution in [1.82, 2.24) is 34.8 Å². The lowest BCUT2D eigenvalue weighted by Gasteiger charge is -2.31. The summed E-state index contributed by atoms with van der Waals surface area (Å²) in [6.07, 6.45) is -0.386. The summed E-state index contributed by atoms with van der Waals surface area (Å²) in [6, 6.07) is 5.19. The third kappa shape index (κ3) is 7.21. The van der Waals surface area contributed by atoms with Crippen molar-refractivity contribution in [3.63, 3.8) is 0 Å². The van der Waals surface area contributed by atoms with E-state index in [9.17, 15) is 31.5 Å². The normalized spacial score (nSPS) is 16.5. The lowest BCUT2D eigenvalue weighted by Crippen LogP contribution is -2.45. The molecular weight excluding hydrogens is 601 g/mol. The Morgan fingerprint density at radius 2 is 1.89 bits per heavy atom. The summed E-state index contributed by atoms with van der Waals surface area (Å²) in [4.78, 5) is 33.4. The Morgan fingerprint density at radius 1 is 1.13 bits per heavy atom. The van der Waals surface area contributed by atoms with Gasteiger partial charge in [-0.15, -0.1) is 0 Å². The minimum atomic E-state index is -4.88. The molecule has 1 aliphatic carbocycles. The average molecular weight is 634 g/mol. The van der Waals surface area contributed by atoms with Crippen molar-refractivity contribution >= 4 is 29.0 Å². The second kappa shape index (κ2) is 13.2. The van der Waals surface area contributed by atoms with E-state index in [0.717, 1.165) is 11.8 Å². The quantitative estimate of drug-likeness (QED) is 0.136. The molecule has 16 heteroatoms. The molecule has 3 aromatic heterocycles. The molecule has 11 nitrogen and oxygen atoms in total. The molecule has 0 saturated heterocycles.